The van der Waals surface area contributed by atoms with E-state index in [2.05, 4.69) is 20.9 Å². The highest BCUT2D eigenvalue weighted by molar-refractivity contribution is 9.11. The van der Waals surface area contributed by atoms with Gasteiger partial charge in [0.2, 0.25) is 0 Å². The second kappa shape index (κ2) is 3.99. The van der Waals surface area contributed by atoms with Crippen molar-refractivity contribution in [3.05, 3.63) is 21.1 Å². The molecule has 0 radical (unpaired) electrons. The SMILES string of the molecule is C[C@H](N)c1nc(/C=C/Br)cs1. The van der Waals surface area contributed by atoms with Crippen molar-refractivity contribution < 1.29 is 0 Å². The minimum absolute atomic E-state index is 0.0393. The zero-order chi connectivity index (χ0) is 8.27. The summed E-state index contributed by atoms with van der Waals surface area (Å²) in [5.41, 5.74) is 6.59. The largest absolute Gasteiger partial charge is 0.322 e. The van der Waals surface area contributed by atoms with E-state index in [9.17, 15) is 0 Å². The number of thiazole rings is 1. The van der Waals surface area contributed by atoms with Gasteiger partial charge >= 0.3 is 0 Å². The molecule has 60 valence electrons. The quantitative estimate of drug-likeness (QED) is 0.852. The Hall–Kier alpha value is -0.190. The van der Waals surface area contributed by atoms with Crippen molar-refractivity contribution in [2.75, 3.05) is 0 Å². The molecule has 0 spiro atoms. The minimum Gasteiger partial charge on any atom is -0.322 e. The zero-order valence-electron chi connectivity index (χ0n) is 6.12. The van der Waals surface area contributed by atoms with E-state index in [1.807, 2.05) is 18.4 Å². The van der Waals surface area contributed by atoms with Gasteiger partial charge in [-0.05, 0) is 18.0 Å². The molecule has 0 aliphatic heterocycles. The van der Waals surface area contributed by atoms with Gasteiger partial charge in [-0.3, -0.25) is 0 Å². The summed E-state index contributed by atoms with van der Waals surface area (Å²) in [5, 5.41) is 2.96. The summed E-state index contributed by atoms with van der Waals surface area (Å²) in [5.74, 6) is 0. The van der Waals surface area contributed by atoms with Gasteiger partial charge in [-0.15, -0.1) is 11.3 Å². The molecule has 1 aromatic rings. The summed E-state index contributed by atoms with van der Waals surface area (Å²) in [6, 6.07) is 0.0393. The van der Waals surface area contributed by atoms with Crippen LogP contribution in [0.3, 0.4) is 0 Å². The molecule has 0 aliphatic carbocycles. The Kier molecular flexibility index (Phi) is 3.23. The Morgan fingerprint density at radius 3 is 3.00 bits per heavy atom. The number of aromatic nitrogens is 1. The maximum Gasteiger partial charge on any atom is 0.110 e. The predicted octanol–water partition coefficient (Wildman–Crippen LogP) is 2.53. The maximum absolute atomic E-state index is 5.64. The Morgan fingerprint density at radius 2 is 2.55 bits per heavy atom. The van der Waals surface area contributed by atoms with Crippen molar-refractivity contribution in [2.24, 2.45) is 5.73 Å². The molecule has 1 heterocycles. The summed E-state index contributed by atoms with van der Waals surface area (Å²) in [7, 11) is 0. The summed E-state index contributed by atoms with van der Waals surface area (Å²) in [6.07, 6.45) is 1.89. The van der Waals surface area contributed by atoms with E-state index < -0.39 is 0 Å². The third kappa shape index (κ3) is 2.39. The Morgan fingerprint density at radius 1 is 1.82 bits per heavy atom. The third-order valence-corrected chi connectivity index (χ3v) is 2.49. The third-order valence-electron chi connectivity index (χ3n) is 1.16. The number of nitrogens with two attached hydrogens (primary N) is 1. The first-order valence-corrected chi connectivity index (χ1v) is 5.01. The van der Waals surface area contributed by atoms with Crippen molar-refractivity contribution in [1.29, 1.82) is 0 Å². The van der Waals surface area contributed by atoms with Gasteiger partial charge in [0.25, 0.3) is 0 Å². The molecule has 0 amide bonds. The zero-order valence-corrected chi connectivity index (χ0v) is 8.52. The number of hydrogen-bond donors (Lipinski definition) is 1. The van der Waals surface area contributed by atoms with Crippen molar-refractivity contribution in [3.63, 3.8) is 0 Å². The second-order valence-corrected chi connectivity index (χ2v) is 3.61. The van der Waals surface area contributed by atoms with E-state index in [4.69, 9.17) is 5.73 Å². The van der Waals surface area contributed by atoms with Crippen LogP contribution in [0.1, 0.15) is 23.7 Å². The molecule has 0 saturated carbocycles. The van der Waals surface area contributed by atoms with Crippen LogP contribution in [0, 0.1) is 0 Å². The van der Waals surface area contributed by atoms with E-state index >= 15 is 0 Å². The lowest BCUT2D eigenvalue weighted by atomic mass is 10.4. The van der Waals surface area contributed by atoms with Crippen LogP contribution in [-0.2, 0) is 0 Å². The average Bonchev–Trinajstić information content (AvgIpc) is 2.37. The van der Waals surface area contributed by atoms with Crippen LogP contribution in [0.4, 0.5) is 0 Å². The predicted molar refractivity (Wildman–Crippen MR) is 52.7 cm³/mol. The number of hydrogen-bond acceptors (Lipinski definition) is 3. The highest BCUT2D eigenvalue weighted by Gasteiger charge is 2.02. The number of halogens is 1. The van der Waals surface area contributed by atoms with Crippen LogP contribution in [0.25, 0.3) is 6.08 Å². The molecule has 2 N–H and O–H groups in total. The molecule has 1 rings (SSSR count). The summed E-state index contributed by atoms with van der Waals surface area (Å²) < 4.78 is 0. The van der Waals surface area contributed by atoms with Gasteiger partial charge in [-0.2, -0.15) is 0 Å². The van der Waals surface area contributed by atoms with Gasteiger partial charge in [0.05, 0.1) is 11.7 Å². The van der Waals surface area contributed by atoms with Crippen molar-refractivity contribution in [1.82, 2.24) is 4.98 Å². The summed E-state index contributed by atoms with van der Waals surface area (Å²) >= 11 is 4.77. The molecule has 0 aliphatic rings. The Bertz CT molecular complexity index is 255. The number of nitrogens with zero attached hydrogens (tertiary/aromatic N) is 1. The molecular weight excluding hydrogens is 224 g/mol. The van der Waals surface area contributed by atoms with Gasteiger partial charge in [-0.1, -0.05) is 15.9 Å². The number of rotatable bonds is 2. The fourth-order valence-corrected chi connectivity index (χ4v) is 1.67. The van der Waals surface area contributed by atoms with E-state index in [-0.39, 0.29) is 6.04 Å². The average molecular weight is 233 g/mol. The molecule has 2 nitrogen and oxygen atoms in total. The lowest BCUT2D eigenvalue weighted by Crippen LogP contribution is -2.03. The van der Waals surface area contributed by atoms with Gasteiger partial charge in [0.1, 0.15) is 5.01 Å². The van der Waals surface area contributed by atoms with E-state index in [1.165, 1.54) is 0 Å². The van der Waals surface area contributed by atoms with Crippen molar-refractivity contribution in [2.45, 2.75) is 13.0 Å². The molecule has 1 aromatic heterocycles. The standard InChI is InChI=1S/C7H9BrN2S/c1-5(9)7-10-6(2-3-8)4-11-7/h2-5H,9H2,1H3/b3-2+/t5-/m0/s1. The normalized spacial score (nSPS) is 14.1. The molecule has 0 aromatic carbocycles. The Balaban J connectivity index is 2.81. The first-order chi connectivity index (χ1) is 5.24. The summed E-state index contributed by atoms with van der Waals surface area (Å²) in [6.45, 7) is 1.93. The van der Waals surface area contributed by atoms with Gasteiger partial charge in [-0.25, -0.2) is 4.98 Å². The van der Waals surface area contributed by atoms with Crippen LogP contribution >= 0.6 is 27.3 Å². The van der Waals surface area contributed by atoms with Crippen LogP contribution in [0.15, 0.2) is 10.4 Å². The van der Waals surface area contributed by atoms with E-state index in [0.29, 0.717) is 0 Å². The molecule has 0 saturated heterocycles. The fourth-order valence-electron chi connectivity index (χ4n) is 0.651. The Labute approximate surface area is 78.3 Å². The molecule has 11 heavy (non-hydrogen) atoms. The van der Waals surface area contributed by atoms with E-state index in [0.717, 1.165) is 10.7 Å². The van der Waals surface area contributed by atoms with Gasteiger partial charge < -0.3 is 5.73 Å². The molecule has 0 unspecified atom stereocenters. The van der Waals surface area contributed by atoms with Crippen LogP contribution in [-0.4, -0.2) is 4.98 Å². The lowest BCUT2D eigenvalue weighted by molar-refractivity contribution is 0.806. The summed E-state index contributed by atoms with van der Waals surface area (Å²) in [4.78, 5) is 6.06. The van der Waals surface area contributed by atoms with E-state index in [1.54, 1.807) is 16.3 Å². The van der Waals surface area contributed by atoms with Crippen molar-refractivity contribution >= 4 is 33.3 Å². The van der Waals surface area contributed by atoms with Gasteiger partial charge in [0, 0.05) is 5.38 Å². The second-order valence-electron chi connectivity index (χ2n) is 2.19. The monoisotopic (exact) mass is 232 g/mol. The first kappa shape index (κ1) is 8.90. The smallest absolute Gasteiger partial charge is 0.110 e. The highest BCUT2D eigenvalue weighted by Crippen LogP contribution is 2.16. The molecule has 0 fully saturated rings. The lowest BCUT2D eigenvalue weighted by Gasteiger charge is -1.95. The molecule has 1 atom stereocenters. The molecular formula is C7H9BrN2S. The molecule has 0 bridgehead atoms. The van der Waals surface area contributed by atoms with Crippen LogP contribution in [0.5, 0.6) is 0 Å². The van der Waals surface area contributed by atoms with Crippen LogP contribution < -0.4 is 5.73 Å². The van der Waals surface area contributed by atoms with Crippen molar-refractivity contribution in [3.8, 4) is 0 Å². The first-order valence-electron chi connectivity index (χ1n) is 3.22. The van der Waals surface area contributed by atoms with Gasteiger partial charge in [0.15, 0.2) is 0 Å². The minimum atomic E-state index is 0.0393. The highest BCUT2D eigenvalue weighted by atomic mass is 79.9. The topological polar surface area (TPSA) is 38.9 Å². The maximum atomic E-state index is 5.64. The van der Waals surface area contributed by atoms with Crippen LogP contribution in [0.2, 0.25) is 0 Å². The molecule has 4 heteroatoms. The fraction of sp³-hybridized carbons (Fsp3) is 0.286.